The van der Waals surface area contributed by atoms with E-state index in [1.54, 1.807) is 0 Å². The van der Waals surface area contributed by atoms with Gasteiger partial charge in [0.15, 0.2) is 0 Å². The minimum atomic E-state index is -0.694. The summed E-state index contributed by atoms with van der Waals surface area (Å²) in [6.45, 7) is 8.87. The molecular formula is C16H28O4. The minimum Gasteiger partial charge on any atom is -0.195 e. The average Bonchev–Trinajstić information content (AvgIpc) is 2.42. The van der Waals surface area contributed by atoms with Crippen molar-refractivity contribution in [3.8, 4) is 0 Å². The van der Waals surface area contributed by atoms with E-state index >= 15 is 0 Å². The van der Waals surface area contributed by atoms with Gasteiger partial charge in [0, 0.05) is 24.7 Å². The van der Waals surface area contributed by atoms with Gasteiger partial charge in [0.25, 0.3) is 0 Å². The summed E-state index contributed by atoms with van der Waals surface area (Å²) in [6, 6.07) is 0. The van der Waals surface area contributed by atoms with Crippen molar-refractivity contribution >= 4 is 0 Å². The monoisotopic (exact) mass is 284 g/mol. The molecule has 0 aromatic carbocycles. The highest BCUT2D eigenvalue weighted by atomic mass is 17.4. The second-order valence-corrected chi connectivity index (χ2v) is 7.52. The van der Waals surface area contributed by atoms with Crippen LogP contribution >= 0.6 is 0 Å². The first-order valence-electron chi connectivity index (χ1n) is 8.19. The zero-order valence-corrected chi connectivity index (χ0v) is 13.2. The van der Waals surface area contributed by atoms with Crippen molar-refractivity contribution in [2.45, 2.75) is 77.8 Å². The molecule has 3 aliphatic rings. The van der Waals surface area contributed by atoms with Crippen molar-refractivity contribution < 1.29 is 19.6 Å². The lowest BCUT2D eigenvalue weighted by Crippen LogP contribution is -2.58. The molecule has 2 spiro atoms. The normalized spacial score (nSPS) is 53.4. The van der Waals surface area contributed by atoms with E-state index in [1.165, 1.54) is 0 Å². The molecule has 0 aromatic rings. The molecule has 1 aliphatic heterocycles. The van der Waals surface area contributed by atoms with Crippen LogP contribution in [0.25, 0.3) is 0 Å². The van der Waals surface area contributed by atoms with Gasteiger partial charge in [-0.1, -0.05) is 27.7 Å². The summed E-state index contributed by atoms with van der Waals surface area (Å²) in [7, 11) is 0. The highest BCUT2D eigenvalue weighted by Crippen LogP contribution is 2.49. The molecular weight excluding hydrogens is 256 g/mol. The summed E-state index contributed by atoms with van der Waals surface area (Å²) in [5, 5.41) is 0. The van der Waals surface area contributed by atoms with Crippen molar-refractivity contribution in [3.63, 3.8) is 0 Å². The lowest BCUT2D eigenvalue weighted by molar-refractivity contribution is -0.675. The molecule has 4 heteroatoms. The van der Waals surface area contributed by atoms with E-state index in [2.05, 4.69) is 27.7 Å². The first-order valence-corrected chi connectivity index (χ1v) is 8.19. The molecule has 20 heavy (non-hydrogen) atoms. The summed E-state index contributed by atoms with van der Waals surface area (Å²) in [5.74, 6) is 0.630. The van der Waals surface area contributed by atoms with Crippen molar-refractivity contribution in [3.05, 3.63) is 0 Å². The molecule has 4 nitrogen and oxygen atoms in total. The summed E-state index contributed by atoms with van der Waals surface area (Å²) >= 11 is 0. The first kappa shape index (κ1) is 14.8. The number of hydrogen-bond donors (Lipinski definition) is 0. The number of hydrogen-bond acceptors (Lipinski definition) is 4. The van der Waals surface area contributed by atoms with Crippen LogP contribution in [0.2, 0.25) is 0 Å². The fraction of sp³-hybridized carbons (Fsp3) is 1.00. The fourth-order valence-corrected chi connectivity index (χ4v) is 3.99. The van der Waals surface area contributed by atoms with Gasteiger partial charge in [-0.15, -0.1) is 0 Å². The molecule has 1 heterocycles. The second-order valence-electron chi connectivity index (χ2n) is 7.52. The average molecular weight is 284 g/mol. The standard InChI is InChI=1S/C16H28O4/c1-11-5-7-15(13(3)9-11)17-19-16(20-18-15)8-6-12(2)10-14(16)4/h11-14H,5-10H2,1-4H3/t11-,12+,13-,14-,15?,16?/m1/s1. The molecule has 0 aromatic heterocycles. The van der Waals surface area contributed by atoms with E-state index in [0.29, 0.717) is 23.7 Å². The summed E-state index contributed by atoms with van der Waals surface area (Å²) < 4.78 is 0. The molecule has 0 bridgehead atoms. The molecule has 0 radical (unpaired) electrons. The van der Waals surface area contributed by atoms with Crippen molar-refractivity contribution in [1.82, 2.24) is 0 Å². The molecule has 2 saturated carbocycles. The maximum absolute atomic E-state index is 5.82. The third-order valence-electron chi connectivity index (χ3n) is 5.63. The summed E-state index contributed by atoms with van der Waals surface area (Å²) in [5.41, 5.74) is 0. The zero-order chi connectivity index (χ0) is 14.4. The number of rotatable bonds is 0. The quantitative estimate of drug-likeness (QED) is 0.625. The Hall–Kier alpha value is -0.160. The van der Waals surface area contributed by atoms with Gasteiger partial charge >= 0.3 is 0 Å². The SMILES string of the molecule is C[C@@H]1CCC2(OOC3(CC[C@H](C)C[C@H]3C)OO2)[C@H](C)C1. The predicted molar refractivity (Wildman–Crippen MR) is 74.2 cm³/mol. The van der Waals surface area contributed by atoms with E-state index in [-0.39, 0.29) is 0 Å². The van der Waals surface area contributed by atoms with Crippen LogP contribution in [0.5, 0.6) is 0 Å². The van der Waals surface area contributed by atoms with Gasteiger partial charge in [-0.3, -0.25) is 0 Å². The lowest BCUT2D eigenvalue weighted by atomic mass is 9.78. The van der Waals surface area contributed by atoms with Crippen molar-refractivity contribution in [1.29, 1.82) is 0 Å². The maximum Gasteiger partial charge on any atom is 0.236 e. The van der Waals surface area contributed by atoms with Crippen LogP contribution < -0.4 is 0 Å². The second kappa shape index (κ2) is 5.24. The maximum atomic E-state index is 5.82. The van der Waals surface area contributed by atoms with Crippen molar-refractivity contribution in [2.24, 2.45) is 23.7 Å². The highest BCUT2D eigenvalue weighted by molar-refractivity contribution is 4.87. The van der Waals surface area contributed by atoms with Crippen LogP contribution in [0, 0.1) is 23.7 Å². The molecule has 3 rings (SSSR count). The van der Waals surface area contributed by atoms with Crippen molar-refractivity contribution in [2.75, 3.05) is 0 Å². The first-order chi connectivity index (χ1) is 9.46. The highest BCUT2D eigenvalue weighted by Gasteiger charge is 2.56. The topological polar surface area (TPSA) is 36.9 Å². The van der Waals surface area contributed by atoms with Crippen LogP contribution in [0.1, 0.15) is 66.2 Å². The molecule has 0 N–H and O–H groups in total. The van der Waals surface area contributed by atoms with Gasteiger partial charge in [0.2, 0.25) is 11.6 Å². The van der Waals surface area contributed by atoms with Crippen LogP contribution in [0.15, 0.2) is 0 Å². The van der Waals surface area contributed by atoms with Gasteiger partial charge in [0.1, 0.15) is 0 Å². The predicted octanol–water partition coefficient (Wildman–Crippen LogP) is 4.20. The van der Waals surface area contributed by atoms with Crippen LogP contribution in [0.4, 0.5) is 0 Å². The van der Waals surface area contributed by atoms with E-state index in [1.807, 2.05) is 0 Å². The van der Waals surface area contributed by atoms with E-state index in [0.717, 1.165) is 38.5 Å². The third kappa shape index (κ3) is 2.41. The molecule has 3 fully saturated rings. The summed E-state index contributed by atoms with van der Waals surface area (Å²) in [6.07, 6.45) is 6.05. The smallest absolute Gasteiger partial charge is 0.195 e. The third-order valence-corrected chi connectivity index (χ3v) is 5.63. The van der Waals surface area contributed by atoms with Gasteiger partial charge in [0.05, 0.1) is 0 Å². The lowest BCUT2D eigenvalue weighted by Gasteiger charge is -2.51. The van der Waals surface area contributed by atoms with Gasteiger partial charge in [-0.25, -0.2) is 0 Å². The Bertz CT molecular complexity index is 314. The summed E-state index contributed by atoms with van der Waals surface area (Å²) in [4.78, 5) is 23.3. The minimum absolute atomic E-state index is 0.293. The van der Waals surface area contributed by atoms with Crippen LogP contribution in [-0.2, 0) is 19.6 Å². The molecule has 2 aliphatic carbocycles. The van der Waals surface area contributed by atoms with Gasteiger partial charge in [-0.05, 0) is 37.5 Å². The molecule has 1 saturated heterocycles. The van der Waals surface area contributed by atoms with Gasteiger partial charge in [-0.2, -0.15) is 19.6 Å². The Labute approximate surface area is 122 Å². The molecule has 4 atom stereocenters. The van der Waals surface area contributed by atoms with E-state index in [9.17, 15) is 0 Å². The van der Waals surface area contributed by atoms with Crippen LogP contribution in [0.3, 0.4) is 0 Å². The molecule has 0 amide bonds. The Morgan fingerprint density at radius 2 is 1.00 bits per heavy atom. The Morgan fingerprint density at radius 1 is 0.650 bits per heavy atom. The van der Waals surface area contributed by atoms with E-state index < -0.39 is 11.6 Å². The molecule has 0 unspecified atom stereocenters. The largest absolute Gasteiger partial charge is 0.236 e. The molecule has 116 valence electrons. The van der Waals surface area contributed by atoms with Crippen LogP contribution in [-0.4, -0.2) is 11.6 Å². The zero-order valence-electron chi connectivity index (χ0n) is 13.2. The Morgan fingerprint density at radius 3 is 1.30 bits per heavy atom. The van der Waals surface area contributed by atoms with E-state index in [4.69, 9.17) is 19.6 Å². The Balaban J connectivity index is 1.67. The Kier molecular flexibility index (Phi) is 3.87. The fourth-order valence-electron chi connectivity index (χ4n) is 3.99. The van der Waals surface area contributed by atoms with Gasteiger partial charge < -0.3 is 0 Å².